The van der Waals surface area contributed by atoms with Gasteiger partial charge in [-0.05, 0) is 36.6 Å². The highest BCUT2D eigenvalue weighted by Gasteiger charge is 2.03. The lowest BCUT2D eigenvalue weighted by molar-refractivity contribution is 1.41. The van der Waals surface area contributed by atoms with E-state index in [2.05, 4.69) is 72.2 Å². The molecule has 0 saturated heterocycles. The smallest absolute Gasteiger partial charge is 0.0210 e. The minimum Gasteiger partial charge on any atom is -0.0605 e. The van der Waals surface area contributed by atoms with Gasteiger partial charge in [0.15, 0.2) is 0 Å². The van der Waals surface area contributed by atoms with Gasteiger partial charge >= 0.3 is 0 Å². The average Bonchev–Trinajstić information content (AvgIpc) is 2.24. The standard InChI is InChI=1S/C14H13Br/c1-10-6-8-12(9-7-10)13-4-3-5-14(15)11(13)2/h3-9H,1-2H3. The van der Waals surface area contributed by atoms with Crippen LogP contribution < -0.4 is 0 Å². The predicted molar refractivity (Wildman–Crippen MR) is 69.1 cm³/mol. The Morgan fingerprint density at radius 2 is 1.53 bits per heavy atom. The fraction of sp³-hybridized carbons (Fsp3) is 0.143. The summed E-state index contributed by atoms with van der Waals surface area (Å²) in [5.74, 6) is 0. The van der Waals surface area contributed by atoms with Gasteiger partial charge in [-0.1, -0.05) is 57.9 Å². The van der Waals surface area contributed by atoms with Crippen molar-refractivity contribution in [1.82, 2.24) is 0 Å². The summed E-state index contributed by atoms with van der Waals surface area (Å²) in [4.78, 5) is 0. The third-order valence-electron chi connectivity index (χ3n) is 2.63. The molecule has 2 aromatic carbocycles. The van der Waals surface area contributed by atoms with Crippen LogP contribution in [0.15, 0.2) is 46.9 Å². The first-order chi connectivity index (χ1) is 7.18. The van der Waals surface area contributed by atoms with Crippen molar-refractivity contribution in [2.24, 2.45) is 0 Å². The molecule has 1 heteroatoms. The molecule has 0 heterocycles. The number of hydrogen-bond acceptors (Lipinski definition) is 0. The molecule has 0 spiro atoms. The third-order valence-corrected chi connectivity index (χ3v) is 3.49. The number of benzene rings is 2. The van der Waals surface area contributed by atoms with E-state index in [4.69, 9.17) is 0 Å². The molecule has 0 bridgehead atoms. The zero-order valence-electron chi connectivity index (χ0n) is 8.92. The van der Waals surface area contributed by atoms with Crippen LogP contribution in [-0.4, -0.2) is 0 Å². The summed E-state index contributed by atoms with van der Waals surface area (Å²) in [6.45, 7) is 4.25. The van der Waals surface area contributed by atoms with Gasteiger partial charge in [0, 0.05) is 4.47 Å². The van der Waals surface area contributed by atoms with Crippen molar-refractivity contribution >= 4 is 15.9 Å². The summed E-state index contributed by atoms with van der Waals surface area (Å²) < 4.78 is 1.17. The van der Waals surface area contributed by atoms with E-state index in [1.807, 2.05) is 0 Å². The minimum absolute atomic E-state index is 1.17. The molecule has 0 atom stereocenters. The summed E-state index contributed by atoms with van der Waals surface area (Å²) >= 11 is 3.56. The minimum atomic E-state index is 1.17. The monoisotopic (exact) mass is 260 g/mol. The first kappa shape index (κ1) is 10.4. The zero-order valence-corrected chi connectivity index (χ0v) is 10.5. The fourth-order valence-corrected chi connectivity index (χ4v) is 2.02. The average molecular weight is 261 g/mol. The maximum Gasteiger partial charge on any atom is 0.0210 e. The summed E-state index contributed by atoms with van der Waals surface area (Å²) in [5, 5.41) is 0. The lowest BCUT2D eigenvalue weighted by Gasteiger charge is -2.07. The molecule has 0 amide bonds. The van der Waals surface area contributed by atoms with E-state index in [0.29, 0.717) is 0 Å². The van der Waals surface area contributed by atoms with Crippen molar-refractivity contribution in [3.05, 3.63) is 58.1 Å². The second-order valence-electron chi connectivity index (χ2n) is 3.78. The van der Waals surface area contributed by atoms with Crippen LogP contribution in [0.3, 0.4) is 0 Å². The Hall–Kier alpha value is -1.08. The van der Waals surface area contributed by atoms with E-state index in [0.717, 1.165) is 0 Å². The van der Waals surface area contributed by atoms with E-state index in [9.17, 15) is 0 Å². The summed E-state index contributed by atoms with van der Waals surface area (Å²) in [6, 6.07) is 14.9. The number of halogens is 1. The lowest BCUT2D eigenvalue weighted by Crippen LogP contribution is -1.84. The summed E-state index contributed by atoms with van der Waals surface area (Å²) in [6.07, 6.45) is 0. The van der Waals surface area contributed by atoms with E-state index < -0.39 is 0 Å². The molecule has 0 unspecified atom stereocenters. The molecule has 0 fully saturated rings. The Balaban J connectivity index is 2.54. The quantitative estimate of drug-likeness (QED) is 0.696. The molecule has 2 aromatic rings. The van der Waals surface area contributed by atoms with Gasteiger partial charge in [-0.15, -0.1) is 0 Å². The van der Waals surface area contributed by atoms with E-state index in [-0.39, 0.29) is 0 Å². The summed E-state index contributed by atoms with van der Waals surface area (Å²) in [5.41, 5.74) is 5.16. The number of rotatable bonds is 1. The first-order valence-electron chi connectivity index (χ1n) is 5.00. The van der Waals surface area contributed by atoms with Crippen molar-refractivity contribution in [2.75, 3.05) is 0 Å². The van der Waals surface area contributed by atoms with E-state index in [1.54, 1.807) is 0 Å². The van der Waals surface area contributed by atoms with Crippen LogP contribution >= 0.6 is 15.9 Å². The molecule has 15 heavy (non-hydrogen) atoms. The van der Waals surface area contributed by atoms with Crippen LogP contribution in [0.2, 0.25) is 0 Å². The molecule has 0 saturated carbocycles. The van der Waals surface area contributed by atoms with Crippen molar-refractivity contribution in [2.45, 2.75) is 13.8 Å². The normalized spacial score (nSPS) is 10.3. The highest BCUT2D eigenvalue weighted by atomic mass is 79.9. The molecule has 0 radical (unpaired) electrons. The number of hydrogen-bond donors (Lipinski definition) is 0. The Morgan fingerprint density at radius 1 is 0.867 bits per heavy atom. The second kappa shape index (κ2) is 4.19. The van der Waals surface area contributed by atoms with E-state index in [1.165, 1.54) is 26.7 Å². The Labute approximate surface area is 99.1 Å². The van der Waals surface area contributed by atoms with Crippen molar-refractivity contribution in [3.8, 4) is 11.1 Å². The van der Waals surface area contributed by atoms with Gasteiger partial charge in [-0.2, -0.15) is 0 Å². The first-order valence-corrected chi connectivity index (χ1v) is 5.80. The van der Waals surface area contributed by atoms with Gasteiger partial charge in [0.2, 0.25) is 0 Å². The van der Waals surface area contributed by atoms with Gasteiger partial charge in [0.25, 0.3) is 0 Å². The fourth-order valence-electron chi connectivity index (χ4n) is 1.65. The topological polar surface area (TPSA) is 0 Å². The molecular weight excluding hydrogens is 248 g/mol. The Morgan fingerprint density at radius 3 is 2.20 bits per heavy atom. The SMILES string of the molecule is Cc1ccc(-c2cccc(Br)c2C)cc1. The molecule has 76 valence electrons. The molecule has 0 N–H and O–H groups in total. The van der Waals surface area contributed by atoms with Crippen LogP contribution in [0.4, 0.5) is 0 Å². The molecular formula is C14H13Br. The van der Waals surface area contributed by atoms with Crippen LogP contribution in [-0.2, 0) is 0 Å². The second-order valence-corrected chi connectivity index (χ2v) is 4.63. The van der Waals surface area contributed by atoms with Crippen LogP contribution in [0.5, 0.6) is 0 Å². The van der Waals surface area contributed by atoms with E-state index >= 15 is 0 Å². The molecule has 0 nitrogen and oxygen atoms in total. The summed E-state index contributed by atoms with van der Waals surface area (Å²) in [7, 11) is 0. The van der Waals surface area contributed by atoms with Crippen LogP contribution in [0, 0.1) is 13.8 Å². The molecule has 0 aliphatic heterocycles. The molecule has 0 aromatic heterocycles. The third kappa shape index (κ3) is 2.13. The van der Waals surface area contributed by atoms with Gasteiger partial charge < -0.3 is 0 Å². The number of aryl methyl sites for hydroxylation is 1. The van der Waals surface area contributed by atoms with Gasteiger partial charge in [-0.3, -0.25) is 0 Å². The predicted octanol–water partition coefficient (Wildman–Crippen LogP) is 4.73. The largest absolute Gasteiger partial charge is 0.0605 e. The maximum atomic E-state index is 3.56. The maximum absolute atomic E-state index is 3.56. The van der Waals surface area contributed by atoms with Crippen molar-refractivity contribution in [3.63, 3.8) is 0 Å². The molecule has 2 rings (SSSR count). The highest BCUT2D eigenvalue weighted by Crippen LogP contribution is 2.28. The molecule has 0 aliphatic carbocycles. The molecule has 0 aliphatic rings. The lowest BCUT2D eigenvalue weighted by atomic mass is 10.00. The van der Waals surface area contributed by atoms with Crippen molar-refractivity contribution in [1.29, 1.82) is 0 Å². The van der Waals surface area contributed by atoms with Crippen LogP contribution in [0.1, 0.15) is 11.1 Å². The Bertz CT molecular complexity index is 469. The Kier molecular flexibility index (Phi) is 2.92. The zero-order chi connectivity index (χ0) is 10.8. The van der Waals surface area contributed by atoms with Gasteiger partial charge in [0.05, 0.1) is 0 Å². The van der Waals surface area contributed by atoms with Gasteiger partial charge in [0.1, 0.15) is 0 Å². The van der Waals surface area contributed by atoms with Crippen molar-refractivity contribution < 1.29 is 0 Å². The highest BCUT2D eigenvalue weighted by molar-refractivity contribution is 9.10. The van der Waals surface area contributed by atoms with Crippen LogP contribution in [0.25, 0.3) is 11.1 Å². The van der Waals surface area contributed by atoms with Gasteiger partial charge in [-0.25, -0.2) is 0 Å².